The van der Waals surface area contributed by atoms with E-state index in [1.165, 1.54) is 5.56 Å². The van der Waals surface area contributed by atoms with E-state index in [9.17, 15) is 0 Å². The van der Waals surface area contributed by atoms with E-state index in [2.05, 4.69) is 32.0 Å². The number of anilines is 1. The number of hydrogen-bond acceptors (Lipinski definition) is 4. The summed E-state index contributed by atoms with van der Waals surface area (Å²) < 4.78 is 5.33. The molecule has 0 saturated heterocycles. The molecular formula is C19H18N4O. The summed E-state index contributed by atoms with van der Waals surface area (Å²) in [7, 11) is 3.71. The number of nitrogens with zero attached hydrogens (tertiary/aromatic N) is 3. The van der Waals surface area contributed by atoms with E-state index in [0.29, 0.717) is 0 Å². The van der Waals surface area contributed by atoms with Gasteiger partial charge in [0.25, 0.3) is 0 Å². The molecule has 2 aromatic heterocycles. The number of rotatable bonds is 4. The summed E-state index contributed by atoms with van der Waals surface area (Å²) in [4.78, 5) is 14.5. The van der Waals surface area contributed by atoms with Gasteiger partial charge in [-0.15, -0.1) is 0 Å². The number of aromatic amines is 1. The van der Waals surface area contributed by atoms with Gasteiger partial charge in [0.15, 0.2) is 5.82 Å². The number of H-pyrrole nitrogens is 1. The van der Waals surface area contributed by atoms with Gasteiger partial charge in [0, 0.05) is 24.5 Å². The first-order valence-corrected chi connectivity index (χ1v) is 7.82. The first-order chi connectivity index (χ1) is 11.8. The zero-order valence-corrected chi connectivity index (χ0v) is 13.7. The Labute approximate surface area is 139 Å². The van der Waals surface area contributed by atoms with Crippen LogP contribution in [0.3, 0.4) is 0 Å². The largest absolute Gasteiger partial charge is 0.497 e. The summed E-state index contributed by atoms with van der Waals surface area (Å²) in [6.45, 7) is 0.783. The lowest BCUT2D eigenvalue weighted by Crippen LogP contribution is -2.18. The molecule has 2 aromatic carbocycles. The van der Waals surface area contributed by atoms with Crippen LogP contribution < -0.4 is 9.64 Å². The van der Waals surface area contributed by atoms with Crippen LogP contribution in [0.15, 0.2) is 54.9 Å². The van der Waals surface area contributed by atoms with E-state index >= 15 is 0 Å². The van der Waals surface area contributed by atoms with Crippen molar-refractivity contribution in [2.75, 3.05) is 19.1 Å². The van der Waals surface area contributed by atoms with Crippen LogP contribution >= 0.6 is 0 Å². The number of hydrogen-bond donors (Lipinski definition) is 1. The van der Waals surface area contributed by atoms with Crippen molar-refractivity contribution >= 4 is 27.8 Å². The van der Waals surface area contributed by atoms with Crippen molar-refractivity contribution in [2.45, 2.75) is 6.54 Å². The van der Waals surface area contributed by atoms with Crippen LogP contribution in [0.1, 0.15) is 5.56 Å². The average Bonchev–Trinajstić information content (AvgIpc) is 3.00. The summed E-state index contributed by atoms with van der Waals surface area (Å²) in [5, 5.41) is 1.04. The minimum atomic E-state index is 0.783. The topological polar surface area (TPSA) is 54.0 Å². The average molecular weight is 318 g/mol. The zero-order valence-electron chi connectivity index (χ0n) is 13.7. The van der Waals surface area contributed by atoms with Gasteiger partial charge in [0.05, 0.1) is 7.11 Å². The number of aromatic nitrogens is 3. The van der Waals surface area contributed by atoms with E-state index in [-0.39, 0.29) is 0 Å². The number of nitrogens with one attached hydrogen (secondary N) is 1. The van der Waals surface area contributed by atoms with Gasteiger partial charge in [-0.1, -0.05) is 30.3 Å². The van der Waals surface area contributed by atoms with Gasteiger partial charge in [-0.05, 0) is 23.8 Å². The maximum absolute atomic E-state index is 5.33. The normalized spacial score (nSPS) is 11.1. The number of ether oxygens (including phenoxy) is 1. The lowest BCUT2D eigenvalue weighted by atomic mass is 10.2. The maximum atomic E-state index is 5.33. The van der Waals surface area contributed by atoms with Crippen LogP contribution in [0.25, 0.3) is 21.9 Å². The lowest BCUT2D eigenvalue weighted by Gasteiger charge is -2.18. The fourth-order valence-electron chi connectivity index (χ4n) is 3.01. The highest BCUT2D eigenvalue weighted by Gasteiger charge is 2.14. The summed E-state index contributed by atoms with van der Waals surface area (Å²) >= 11 is 0. The quantitative estimate of drug-likeness (QED) is 0.622. The summed E-state index contributed by atoms with van der Waals surface area (Å²) in [6, 6.07) is 16.3. The van der Waals surface area contributed by atoms with Gasteiger partial charge in [-0.3, -0.25) is 0 Å². The molecule has 0 bridgehead atoms. The molecule has 2 heterocycles. The highest BCUT2D eigenvalue weighted by Crippen LogP contribution is 2.31. The van der Waals surface area contributed by atoms with E-state index in [1.54, 1.807) is 13.4 Å². The van der Waals surface area contributed by atoms with Gasteiger partial charge in [0.2, 0.25) is 0 Å². The molecule has 0 atom stereocenters. The van der Waals surface area contributed by atoms with Gasteiger partial charge in [-0.2, -0.15) is 0 Å². The highest BCUT2D eigenvalue weighted by atomic mass is 16.5. The van der Waals surface area contributed by atoms with Crippen LogP contribution in [0, 0.1) is 0 Å². The van der Waals surface area contributed by atoms with Crippen molar-refractivity contribution in [3.63, 3.8) is 0 Å². The Morgan fingerprint density at radius 3 is 2.71 bits per heavy atom. The summed E-state index contributed by atoms with van der Waals surface area (Å²) in [5.41, 5.74) is 4.12. The molecule has 4 aromatic rings. The van der Waals surface area contributed by atoms with Crippen LogP contribution in [-0.2, 0) is 6.54 Å². The summed E-state index contributed by atoms with van der Waals surface area (Å²) in [6.07, 6.45) is 1.62. The first-order valence-electron chi connectivity index (χ1n) is 7.82. The van der Waals surface area contributed by atoms with Crippen molar-refractivity contribution in [1.29, 1.82) is 0 Å². The predicted octanol–water partition coefficient (Wildman–Crippen LogP) is 3.76. The molecule has 0 spiro atoms. The summed E-state index contributed by atoms with van der Waals surface area (Å²) in [5.74, 6) is 1.71. The lowest BCUT2D eigenvalue weighted by molar-refractivity contribution is 0.415. The molecular weight excluding hydrogens is 300 g/mol. The molecule has 0 fully saturated rings. The molecule has 0 unspecified atom stereocenters. The Morgan fingerprint density at radius 2 is 1.92 bits per heavy atom. The molecule has 1 N–H and O–H groups in total. The molecule has 24 heavy (non-hydrogen) atoms. The Balaban J connectivity index is 1.81. The fraction of sp³-hybridized carbons (Fsp3) is 0.158. The van der Waals surface area contributed by atoms with Crippen molar-refractivity contribution < 1.29 is 4.74 Å². The molecule has 0 aliphatic heterocycles. The van der Waals surface area contributed by atoms with Crippen LogP contribution in [-0.4, -0.2) is 29.1 Å². The monoisotopic (exact) mass is 318 g/mol. The van der Waals surface area contributed by atoms with Gasteiger partial charge in [-0.25, -0.2) is 9.97 Å². The van der Waals surface area contributed by atoms with E-state index in [4.69, 9.17) is 4.74 Å². The highest BCUT2D eigenvalue weighted by molar-refractivity contribution is 6.08. The Hall–Kier alpha value is -3.08. The molecule has 5 heteroatoms. The molecule has 0 saturated carbocycles. The zero-order chi connectivity index (χ0) is 16.5. The smallest absolute Gasteiger partial charge is 0.156 e. The van der Waals surface area contributed by atoms with Crippen molar-refractivity contribution in [3.05, 3.63) is 60.4 Å². The molecule has 0 aliphatic rings. The fourth-order valence-corrected chi connectivity index (χ4v) is 3.01. The van der Waals surface area contributed by atoms with Crippen molar-refractivity contribution in [1.82, 2.24) is 15.0 Å². The molecule has 4 rings (SSSR count). The Bertz CT molecular complexity index is 994. The first kappa shape index (κ1) is 14.5. The second-order valence-electron chi connectivity index (χ2n) is 5.80. The second kappa shape index (κ2) is 5.85. The van der Waals surface area contributed by atoms with Gasteiger partial charge < -0.3 is 14.6 Å². The van der Waals surface area contributed by atoms with Crippen molar-refractivity contribution in [3.8, 4) is 5.75 Å². The third-order valence-electron chi connectivity index (χ3n) is 4.19. The molecule has 5 nitrogen and oxygen atoms in total. The molecule has 0 aliphatic carbocycles. The third kappa shape index (κ3) is 2.44. The van der Waals surface area contributed by atoms with Crippen LogP contribution in [0.2, 0.25) is 0 Å². The number of fused-ring (bicyclic) bond motifs is 3. The van der Waals surface area contributed by atoms with Gasteiger partial charge in [0.1, 0.15) is 23.1 Å². The van der Waals surface area contributed by atoms with E-state index in [0.717, 1.165) is 40.0 Å². The SMILES string of the molecule is COc1ccc2[nH]c3c(N(C)Cc4ccccc4)ncnc3c2c1. The molecule has 120 valence electrons. The Morgan fingerprint density at radius 1 is 1.08 bits per heavy atom. The van der Waals surface area contributed by atoms with Crippen LogP contribution in [0.5, 0.6) is 5.75 Å². The molecule has 0 radical (unpaired) electrons. The number of methoxy groups -OCH3 is 1. The van der Waals surface area contributed by atoms with E-state index < -0.39 is 0 Å². The number of benzene rings is 2. The molecule has 0 amide bonds. The van der Waals surface area contributed by atoms with E-state index in [1.807, 2.05) is 43.4 Å². The maximum Gasteiger partial charge on any atom is 0.156 e. The minimum Gasteiger partial charge on any atom is -0.497 e. The standard InChI is InChI=1S/C19H18N4O/c1-23(11-13-6-4-3-5-7-13)19-18-17(20-12-21-19)15-10-14(24-2)8-9-16(15)22-18/h3-10,12,22H,11H2,1-2H3. The van der Waals surface area contributed by atoms with Gasteiger partial charge >= 0.3 is 0 Å². The van der Waals surface area contributed by atoms with Crippen molar-refractivity contribution in [2.24, 2.45) is 0 Å². The Kier molecular flexibility index (Phi) is 3.54. The minimum absolute atomic E-state index is 0.783. The second-order valence-corrected chi connectivity index (χ2v) is 5.80. The van der Waals surface area contributed by atoms with Crippen LogP contribution in [0.4, 0.5) is 5.82 Å². The third-order valence-corrected chi connectivity index (χ3v) is 4.19. The predicted molar refractivity (Wildman–Crippen MR) is 96.5 cm³/mol.